The van der Waals surface area contributed by atoms with Crippen LogP contribution in [0.5, 0.6) is 0 Å². The van der Waals surface area contributed by atoms with Gasteiger partial charge in [0.05, 0.1) is 0 Å². The van der Waals surface area contributed by atoms with Gasteiger partial charge in [0.2, 0.25) is 5.91 Å². The van der Waals surface area contributed by atoms with Crippen molar-refractivity contribution in [1.82, 2.24) is 9.80 Å². The maximum absolute atomic E-state index is 12.2. The maximum Gasteiger partial charge on any atom is 0.253 e. The van der Waals surface area contributed by atoms with Crippen LogP contribution in [-0.4, -0.2) is 47.2 Å². The number of hydrogen-bond acceptors (Lipinski definition) is 3. The molecule has 1 atom stereocenters. The van der Waals surface area contributed by atoms with Gasteiger partial charge in [-0.15, -0.1) is 0 Å². The topological polar surface area (TPSA) is 57.7 Å². The van der Waals surface area contributed by atoms with E-state index in [1.807, 2.05) is 4.90 Å². The Morgan fingerprint density at radius 3 is 2.38 bits per heavy atom. The predicted molar refractivity (Wildman–Crippen MR) is 79.2 cm³/mol. The molecule has 0 N–H and O–H groups in total. The molecule has 2 aliphatic rings. The molecule has 1 fully saturated rings. The molecule has 0 saturated carbocycles. The van der Waals surface area contributed by atoms with E-state index in [9.17, 15) is 14.4 Å². The summed E-state index contributed by atoms with van der Waals surface area (Å²) in [7, 11) is 0. The highest BCUT2D eigenvalue weighted by Gasteiger charge is 2.33. The normalized spacial score (nSPS) is 22.5. The van der Waals surface area contributed by atoms with E-state index in [-0.39, 0.29) is 23.1 Å². The fourth-order valence-electron chi connectivity index (χ4n) is 2.89. The van der Waals surface area contributed by atoms with E-state index >= 15 is 0 Å². The van der Waals surface area contributed by atoms with Gasteiger partial charge >= 0.3 is 0 Å². The van der Waals surface area contributed by atoms with Gasteiger partial charge in [0.15, 0.2) is 0 Å². The summed E-state index contributed by atoms with van der Waals surface area (Å²) in [6.07, 6.45) is 4.54. The Labute approximate surface area is 126 Å². The smallest absolute Gasteiger partial charge is 0.253 e. The van der Waals surface area contributed by atoms with E-state index in [1.165, 1.54) is 17.1 Å². The molecule has 2 heterocycles. The summed E-state index contributed by atoms with van der Waals surface area (Å²) in [6, 6.07) is 0. The molecule has 5 heteroatoms. The number of carbonyl (C=O) groups excluding carboxylic acids is 3. The Morgan fingerprint density at radius 1 is 1.24 bits per heavy atom. The van der Waals surface area contributed by atoms with E-state index in [0.717, 1.165) is 19.5 Å². The van der Waals surface area contributed by atoms with Crippen LogP contribution in [0.4, 0.5) is 0 Å². The van der Waals surface area contributed by atoms with Gasteiger partial charge in [0.25, 0.3) is 11.8 Å². The summed E-state index contributed by atoms with van der Waals surface area (Å²) >= 11 is 0. The van der Waals surface area contributed by atoms with Crippen molar-refractivity contribution in [2.45, 2.75) is 40.0 Å². The summed E-state index contributed by atoms with van der Waals surface area (Å²) < 4.78 is 0. The molecular formula is C16H24N2O3. The first-order valence-electron chi connectivity index (χ1n) is 7.60. The van der Waals surface area contributed by atoms with Crippen LogP contribution in [0.15, 0.2) is 12.2 Å². The minimum atomic E-state index is -0.276. The Bertz CT molecular complexity index is 458. The summed E-state index contributed by atoms with van der Waals surface area (Å²) in [4.78, 5) is 38.1. The van der Waals surface area contributed by atoms with Gasteiger partial charge in [-0.25, -0.2) is 0 Å². The zero-order valence-corrected chi connectivity index (χ0v) is 13.1. The fraction of sp³-hybridized carbons (Fsp3) is 0.688. The Morgan fingerprint density at radius 2 is 1.86 bits per heavy atom. The highest BCUT2D eigenvalue weighted by Crippen LogP contribution is 2.33. The quantitative estimate of drug-likeness (QED) is 0.739. The number of hydrogen-bond donors (Lipinski definition) is 0. The van der Waals surface area contributed by atoms with Gasteiger partial charge < -0.3 is 4.90 Å². The van der Waals surface area contributed by atoms with Crippen LogP contribution in [0.25, 0.3) is 0 Å². The summed E-state index contributed by atoms with van der Waals surface area (Å²) in [5, 5.41) is 0. The molecule has 0 unspecified atom stereocenters. The standard InChI is InChI=1S/C16H24N2O3/c1-16(2,3)12-8-10-17(11-12)13(19)5-4-9-18-14(20)6-7-15(18)21/h6-7,12H,4-5,8-11H2,1-3H3/t12-/m0/s1. The minimum absolute atomic E-state index is 0.133. The second-order valence-corrected chi connectivity index (χ2v) is 6.96. The Balaban J connectivity index is 1.74. The van der Waals surface area contributed by atoms with E-state index in [1.54, 1.807) is 0 Å². The lowest BCUT2D eigenvalue weighted by Crippen LogP contribution is -2.33. The average molecular weight is 292 g/mol. The van der Waals surface area contributed by atoms with Gasteiger partial charge in [0, 0.05) is 38.2 Å². The van der Waals surface area contributed by atoms with Crippen molar-refractivity contribution in [3.8, 4) is 0 Å². The van der Waals surface area contributed by atoms with Crippen molar-refractivity contribution >= 4 is 17.7 Å². The average Bonchev–Trinajstić information content (AvgIpc) is 2.99. The molecule has 0 bridgehead atoms. The Hall–Kier alpha value is -1.65. The molecule has 1 saturated heterocycles. The Kier molecular flexibility index (Phi) is 4.49. The molecule has 5 nitrogen and oxygen atoms in total. The largest absolute Gasteiger partial charge is 0.342 e. The van der Waals surface area contributed by atoms with E-state index in [4.69, 9.17) is 0 Å². The zero-order valence-electron chi connectivity index (χ0n) is 13.1. The molecular weight excluding hydrogens is 268 g/mol. The van der Waals surface area contributed by atoms with Crippen LogP contribution >= 0.6 is 0 Å². The third-order valence-electron chi connectivity index (χ3n) is 4.44. The van der Waals surface area contributed by atoms with Crippen LogP contribution in [0.1, 0.15) is 40.0 Å². The third-order valence-corrected chi connectivity index (χ3v) is 4.44. The molecule has 2 rings (SSSR count). The third kappa shape index (κ3) is 3.71. The van der Waals surface area contributed by atoms with E-state index < -0.39 is 0 Å². The zero-order chi connectivity index (χ0) is 15.6. The van der Waals surface area contributed by atoms with Crippen LogP contribution in [0.2, 0.25) is 0 Å². The number of rotatable bonds is 4. The number of nitrogens with zero attached hydrogens (tertiary/aromatic N) is 2. The van der Waals surface area contributed by atoms with E-state index in [2.05, 4.69) is 20.8 Å². The van der Waals surface area contributed by atoms with Crippen molar-refractivity contribution in [3.05, 3.63) is 12.2 Å². The van der Waals surface area contributed by atoms with Crippen LogP contribution < -0.4 is 0 Å². The first-order valence-corrected chi connectivity index (χ1v) is 7.60. The first-order chi connectivity index (χ1) is 9.79. The SMILES string of the molecule is CC(C)(C)[C@H]1CCN(C(=O)CCCN2C(=O)C=CC2=O)C1. The summed E-state index contributed by atoms with van der Waals surface area (Å²) in [5.41, 5.74) is 0.231. The number of carbonyl (C=O) groups is 3. The lowest BCUT2D eigenvalue weighted by Gasteiger charge is -2.27. The first kappa shape index (κ1) is 15.7. The van der Waals surface area contributed by atoms with E-state index in [0.29, 0.717) is 25.3 Å². The molecule has 0 aromatic rings. The lowest BCUT2D eigenvalue weighted by molar-refractivity contribution is -0.138. The molecule has 0 aromatic heterocycles. The molecule has 21 heavy (non-hydrogen) atoms. The van der Waals surface area contributed by atoms with Gasteiger partial charge in [-0.05, 0) is 24.2 Å². The van der Waals surface area contributed by atoms with Crippen LogP contribution in [-0.2, 0) is 14.4 Å². The van der Waals surface area contributed by atoms with Crippen molar-refractivity contribution in [2.24, 2.45) is 11.3 Å². The summed E-state index contributed by atoms with van der Waals surface area (Å²) in [5.74, 6) is 0.129. The van der Waals surface area contributed by atoms with Crippen LogP contribution in [0, 0.1) is 11.3 Å². The fourth-order valence-corrected chi connectivity index (χ4v) is 2.89. The highest BCUT2D eigenvalue weighted by molar-refractivity contribution is 6.12. The monoisotopic (exact) mass is 292 g/mol. The van der Waals surface area contributed by atoms with Crippen LogP contribution in [0.3, 0.4) is 0 Å². The van der Waals surface area contributed by atoms with Gasteiger partial charge in [0.1, 0.15) is 0 Å². The van der Waals surface area contributed by atoms with Crippen molar-refractivity contribution in [1.29, 1.82) is 0 Å². The molecule has 0 aliphatic carbocycles. The van der Waals surface area contributed by atoms with Gasteiger partial charge in [-0.3, -0.25) is 19.3 Å². The predicted octanol–water partition coefficient (Wildman–Crippen LogP) is 1.59. The molecule has 2 aliphatic heterocycles. The van der Waals surface area contributed by atoms with Gasteiger partial charge in [-0.1, -0.05) is 20.8 Å². The second-order valence-electron chi connectivity index (χ2n) is 6.96. The number of imide groups is 1. The van der Waals surface area contributed by atoms with Gasteiger partial charge in [-0.2, -0.15) is 0 Å². The molecule has 0 radical (unpaired) electrons. The second kappa shape index (κ2) is 6.00. The van der Waals surface area contributed by atoms with Crippen molar-refractivity contribution < 1.29 is 14.4 Å². The summed E-state index contributed by atoms with van der Waals surface area (Å²) in [6.45, 7) is 8.61. The molecule has 3 amide bonds. The van der Waals surface area contributed by atoms with Crippen molar-refractivity contribution in [2.75, 3.05) is 19.6 Å². The molecule has 0 aromatic carbocycles. The maximum atomic E-state index is 12.2. The number of likely N-dealkylation sites (tertiary alicyclic amines) is 1. The number of amides is 3. The molecule has 116 valence electrons. The van der Waals surface area contributed by atoms with Crippen molar-refractivity contribution in [3.63, 3.8) is 0 Å². The minimum Gasteiger partial charge on any atom is -0.342 e. The lowest BCUT2D eigenvalue weighted by atomic mass is 9.80. The molecule has 0 spiro atoms. The highest BCUT2D eigenvalue weighted by atomic mass is 16.2.